The maximum absolute atomic E-state index is 2.12. The first-order chi connectivity index (χ1) is 4.47. The molecule has 0 fully saturated rings. The minimum Gasteiger partial charge on any atom is -1.00 e. The van der Waals surface area contributed by atoms with Gasteiger partial charge in [0.25, 0.3) is 0 Å². The predicted octanol–water partition coefficient (Wildman–Crippen LogP) is -3.44. The van der Waals surface area contributed by atoms with E-state index in [0.717, 1.165) is 0 Å². The first-order valence-electron chi connectivity index (χ1n) is 3.07. The molecule has 0 heterocycles. The van der Waals surface area contributed by atoms with Crippen molar-refractivity contribution in [3.05, 3.63) is 42.5 Å². The molecule has 0 aromatic heterocycles. The van der Waals surface area contributed by atoms with Crippen molar-refractivity contribution in [3.63, 3.8) is 0 Å². The summed E-state index contributed by atoms with van der Waals surface area (Å²) in [6.45, 7) is 0. The van der Waals surface area contributed by atoms with Gasteiger partial charge in [-0.25, -0.2) is 0 Å². The van der Waals surface area contributed by atoms with Crippen LogP contribution in [0.15, 0.2) is 42.5 Å². The second kappa shape index (κ2) is 6.50. The molecule has 0 aliphatic carbocycles. The molecular weight excluding hydrogens is 230 g/mol. The van der Waals surface area contributed by atoms with E-state index < -0.39 is 0 Å². The molecule has 2 aromatic carbocycles. The SMILES string of the molecule is [Cl-].[Cl-].[V+2].c1ccc2[cH-]ccc2c1. The van der Waals surface area contributed by atoms with Crippen molar-refractivity contribution in [2.75, 3.05) is 0 Å². The normalized spacial score (nSPS) is 7.67. The molecule has 0 unspecified atom stereocenters. The average molecular weight is 237 g/mol. The Morgan fingerprint density at radius 2 is 1.58 bits per heavy atom. The van der Waals surface area contributed by atoms with Gasteiger partial charge in [0.1, 0.15) is 0 Å². The zero-order valence-electron chi connectivity index (χ0n) is 6.24. The van der Waals surface area contributed by atoms with E-state index >= 15 is 0 Å². The average Bonchev–Trinajstić information content (AvgIpc) is 2.33. The van der Waals surface area contributed by atoms with E-state index in [0.29, 0.717) is 0 Å². The predicted molar refractivity (Wildman–Crippen MR) is 39.5 cm³/mol. The molecule has 1 radical (unpaired) electrons. The van der Waals surface area contributed by atoms with Gasteiger partial charge in [-0.2, -0.15) is 17.5 Å². The zero-order valence-corrected chi connectivity index (χ0v) is 9.15. The van der Waals surface area contributed by atoms with Crippen LogP contribution in [0.2, 0.25) is 0 Å². The molecule has 3 heteroatoms. The summed E-state index contributed by atoms with van der Waals surface area (Å²) >= 11 is 0. The van der Waals surface area contributed by atoms with Crippen LogP contribution in [0.3, 0.4) is 0 Å². The van der Waals surface area contributed by atoms with Crippen molar-refractivity contribution in [1.29, 1.82) is 0 Å². The maximum Gasteiger partial charge on any atom is 2.00 e. The summed E-state index contributed by atoms with van der Waals surface area (Å²) in [6.07, 6.45) is 0. The Morgan fingerprint density at radius 3 is 2.25 bits per heavy atom. The van der Waals surface area contributed by atoms with Crippen molar-refractivity contribution in [3.8, 4) is 0 Å². The molecule has 0 aliphatic heterocycles. The number of hydrogen-bond acceptors (Lipinski definition) is 0. The van der Waals surface area contributed by atoms with Gasteiger partial charge < -0.3 is 24.8 Å². The third-order valence-electron chi connectivity index (χ3n) is 1.55. The molecule has 63 valence electrons. The van der Waals surface area contributed by atoms with Gasteiger partial charge >= 0.3 is 18.6 Å². The zero-order chi connectivity index (χ0) is 6.10. The second-order valence-electron chi connectivity index (χ2n) is 2.15. The quantitative estimate of drug-likeness (QED) is 0.418. The van der Waals surface area contributed by atoms with Gasteiger partial charge in [0.2, 0.25) is 0 Å². The third-order valence-corrected chi connectivity index (χ3v) is 1.55. The summed E-state index contributed by atoms with van der Waals surface area (Å²) in [6, 6.07) is 14.7. The molecule has 0 nitrogen and oxygen atoms in total. The van der Waals surface area contributed by atoms with Crippen LogP contribution in [0, 0.1) is 0 Å². The van der Waals surface area contributed by atoms with Crippen LogP contribution < -0.4 is 24.8 Å². The second-order valence-corrected chi connectivity index (χ2v) is 2.15. The fourth-order valence-electron chi connectivity index (χ4n) is 1.07. The smallest absolute Gasteiger partial charge is 1.00 e. The van der Waals surface area contributed by atoms with Gasteiger partial charge in [-0.1, -0.05) is 6.07 Å². The molecule has 12 heavy (non-hydrogen) atoms. The van der Waals surface area contributed by atoms with Crippen molar-refractivity contribution in [2.45, 2.75) is 0 Å². The van der Waals surface area contributed by atoms with E-state index in [2.05, 4.69) is 42.5 Å². The summed E-state index contributed by atoms with van der Waals surface area (Å²) in [4.78, 5) is 0. The van der Waals surface area contributed by atoms with Gasteiger partial charge in [0.05, 0.1) is 0 Å². The van der Waals surface area contributed by atoms with Crippen molar-refractivity contribution in [1.82, 2.24) is 0 Å². The topological polar surface area (TPSA) is 0 Å². The number of halogens is 2. The standard InChI is InChI=1S/C9H7.2ClH.V/c1-2-5-9-7-3-6-8(9)4-1;;;/h1-7H;2*1H;/q-1;;;+2/p-2. The third kappa shape index (κ3) is 2.80. The number of benzene rings is 1. The first kappa shape index (κ1) is 14.5. The van der Waals surface area contributed by atoms with Gasteiger partial charge in [-0.05, 0) is 0 Å². The Morgan fingerprint density at radius 1 is 0.917 bits per heavy atom. The Kier molecular flexibility index (Phi) is 7.87. The number of rotatable bonds is 0. The summed E-state index contributed by atoms with van der Waals surface area (Å²) in [5.41, 5.74) is 0. The van der Waals surface area contributed by atoms with Gasteiger partial charge in [-0.3, -0.25) is 0 Å². The van der Waals surface area contributed by atoms with Crippen LogP contribution in [-0.2, 0) is 18.6 Å². The van der Waals surface area contributed by atoms with E-state index in [1.54, 1.807) is 0 Å². The number of hydrogen-bond donors (Lipinski definition) is 0. The van der Waals surface area contributed by atoms with Gasteiger partial charge in [-0.15, -0.1) is 29.7 Å². The monoisotopic (exact) mass is 236 g/mol. The maximum atomic E-state index is 2.12. The Bertz CT molecular complexity index is 287. The van der Waals surface area contributed by atoms with Gasteiger partial charge in [0.15, 0.2) is 0 Å². The minimum absolute atomic E-state index is 0. The van der Waals surface area contributed by atoms with E-state index in [1.165, 1.54) is 10.8 Å². The molecule has 0 saturated heterocycles. The van der Waals surface area contributed by atoms with Crippen LogP contribution in [0.1, 0.15) is 0 Å². The van der Waals surface area contributed by atoms with E-state index in [9.17, 15) is 0 Å². The van der Waals surface area contributed by atoms with Crippen molar-refractivity contribution >= 4 is 10.8 Å². The van der Waals surface area contributed by atoms with Crippen LogP contribution in [-0.4, -0.2) is 0 Å². The molecular formula is C9H7Cl2V-. The summed E-state index contributed by atoms with van der Waals surface area (Å²) in [5, 5.41) is 2.66. The molecule has 0 spiro atoms. The molecule has 0 saturated carbocycles. The van der Waals surface area contributed by atoms with Gasteiger partial charge in [0, 0.05) is 0 Å². The van der Waals surface area contributed by atoms with E-state index in [1.807, 2.05) is 0 Å². The Hall–Kier alpha value is -0.00558. The molecule has 0 bridgehead atoms. The Labute approximate surface area is 96.4 Å². The summed E-state index contributed by atoms with van der Waals surface area (Å²) in [5.74, 6) is 0. The molecule has 2 aromatic rings. The molecule has 2 rings (SSSR count). The molecule has 0 atom stereocenters. The molecule has 0 amide bonds. The van der Waals surface area contributed by atoms with Crippen molar-refractivity contribution in [2.24, 2.45) is 0 Å². The number of fused-ring (bicyclic) bond motifs is 1. The fourth-order valence-corrected chi connectivity index (χ4v) is 1.07. The van der Waals surface area contributed by atoms with Crippen molar-refractivity contribution < 1.29 is 43.4 Å². The van der Waals surface area contributed by atoms with Crippen LogP contribution >= 0.6 is 0 Å². The van der Waals surface area contributed by atoms with E-state index in [-0.39, 0.29) is 43.4 Å². The van der Waals surface area contributed by atoms with Crippen LogP contribution in [0.4, 0.5) is 0 Å². The van der Waals surface area contributed by atoms with E-state index in [4.69, 9.17) is 0 Å². The largest absolute Gasteiger partial charge is 2.00 e. The summed E-state index contributed by atoms with van der Waals surface area (Å²) < 4.78 is 0. The summed E-state index contributed by atoms with van der Waals surface area (Å²) in [7, 11) is 0. The fraction of sp³-hybridized carbons (Fsp3) is 0. The molecule has 0 aliphatic rings. The minimum atomic E-state index is 0. The Balaban J connectivity index is 0. The van der Waals surface area contributed by atoms with Crippen LogP contribution in [0.5, 0.6) is 0 Å². The van der Waals surface area contributed by atoms with Crippen LogP contribution in [0.25, 0.3) is 10.8 Å². The first-order valence-corrected chi connectivity index (χ1v) is 3.07. The molecule has 0 N–H and O–H groups in total.